The topological polar surface area (TPSA) is 78.9 Å². The largest absolute Gasteiger partial charge is 0.480 e. The third-order valence-corrected chi connectivity index (χ3v) is 3.38. The van der Waals surface area contributed by atoms with Crippen LogP contribution in [0, 0.1) is 0 Å². The molecule has 20 heavy (non-hydrogen) atoms. The summed E-state index contributed by atoms with van der Waals surface area (Å²) >= 11 is 0. The monoisotopic (exact) mass is 286 g/mol. The Kier molecular flexibility index (Phi) is 5.80. The molecule has 116 valence electrons. The van der Waals surface area contributed by atoms with Gasteiger partial charge in [0.1, 0.15) is 5.60 Å². The molecule has 2 N–H and O–H groups in total. The van der Waals surface area contributed by atoms with Gasteiger partial charge in [-0.3, -0.25) is 9.69 Å². The Bertz CT molecular complexity index is 352. The lowest BCUT2D eigenvalue weighted by Crippen LogP contribution is -2.53. The van der Waals surface area contributed by atoms with E-state index in [9.17, 15) is 9.59 Å². The van der Waals surface area contributed by atoms with E-state index < -0.39 is 17.7 Å². The normalized spacial score (nSPS) is 23.4. The SMILES string of the molecule is CN(CC(=O)O)[C@H]1CCCC[C@H]1NC(=O)OC(C)(C)C. The first-order chi connectivity index (χ1) is 9.19. The van der Waals surface area contributed by atoms with Gasteiger partial charge >= 0.3 is 12.1 Å². The molecule has 0 bridgehead atoms. The van der Waals surface area contributed by atoms with Crippen LogP contribution in [0.25, 0.3) is 0 Å². The maximum absolute atomic E-state index is 11.8. The minimum atomic E-state index is -0.853. The van der Waals surface area contributed by atoms with Gasteiger partial charge in [-0.05, 0) is 40.7 Å². The molecule has 0 heterocycles. The van der Waals surface area contributed by atoms with Gasteiger partial charge in [0.15, 0.2) is 0 Å². The number of ether oxygens (including phenoxy) is 1. The lowest BCUT2D eigenvalue weighted by atomic mass is 9.89. The maximum Gasteiger partial charge on any atom is 0.407 e. The molecule has 0 aliphatic heterocycles. The molecule has 1 aliphatic carbocycles. The average molecular weight is 286 g/mol. The van der Waals surface area contributed by atoms with Crippen molar-refractivity contribution in [1.82, 2.24) is 10.2 Å². The summed E-state index contributed by atoms with van der Waals surface area (Å²) in [7, 11) is 1.79. The van der Waals surface area contributed by atoms with Crippen LogP contribution in [0.1, 0.15) is 46.5 Å². The van der Waals surface area contributed by atoms with E-state index in [1.807, 2.05) is 20.8 Å². The number of nitrogens with one attached hydrogen (secondary N) is 1. The lowest BCUT2D eigenvalue weighted by Gasteiger charge is -2.37. The summed E-state index contributed by atoms with van der Waals surface area (Å²) in [6.45, 7) is 5.45. The van der Waals surface area contributed by atoms with Gasteiger partial charge in [0.25, 0.3) is 0 Å². The van der Waals surface area contributed by atoms with Gasteiger partial charge in [0.2, 0.25) is 0 Å². The number of amides is 1. The van der Waals surface area contributed by atoms with Crippen molar-refractivity contribution in [3.63, 3.8) is 0 Å². The van der Waals surface area contributed by atoms with Crippen molar-refractivity contribution in [2.24, 2.45) is 0 Å². The standard InChI is InChI=1S/C14H26N2O4/c1-14(2,3)20-13(19)15-10-7-5-6-8-11(10)16(4)9-12(17)18/h10-11H,5-9H2,1-4H3,(H,15,19)(H,17,18)/t10-,11+/m1/s1. The van der Waals surface area contributed by atoms with Crippen LogP contribution in [0.15, 0.2) is 0 Å². The Hall–Kier alpha value is -1.30. The highest BCUT2D eigenvalue weighted by molar-refractivity contribution is 5.69. The lowest BCUT2D eigenvalue weighted by molar-refractivity contribution is -0.138. The van der Waals surface area contributed by atoms with E-state index in [4.69, 9.17) is 9.84 Å². The first-order valence-electron chi connectivity index (χ1n) is 7.10. The number of hydrogen-bond acceptors (Lipinski definition) is 4. The molecule has 1 fully saturated rings. The summed E-state index contributed by atoms with van der Waals surface area (Å²) in [5, 5.41) is 11.8. The molecule has 0 unspecified atom stereocenters. The molecule has 0 saturated heterocycles. The van der Waals surface area contributed by atoms with Crippen LogP contribution in [-0.2, 0) is 9.53 Å². The van der Waals surface area contributed by atoms with E-state index in [-0.39, 0.29) is 18.6 Å². The van der Waals surface area contributed by atoms with Crippen molar-refractivity contribution >= 4 is 12.1 Å². The Morgan fingerprint density at radius 2 is 1.90 bits per heavy atom. The Labute approximate surface area is 120 Å². The van der Waals surface area contributed by atoms with Gasteiger partial charge in [0.05, 0.1) is 6.54 Å². The molecule has 1 amide bonds. The van der Waals surface area contributed by atoms with Crippen molar-refractivity contribution in [3.8, 4) is 0 Å². The van der Waals surface area contributed by atoms with Crippen molar-refractivity contribution in [2.75, 3.05) is 13.6 Å². The van der Waals surface area contributed by atoms with Gasteiger partial charge in [-0.15, -0.1) is 0 Å². The first kappa shape index (κ1) is 16.8. The Morgan fingerprint density at radius 1 is 1.30 bits per heavy atom. The van der Waals surface area contributed by atoms with Gasteiger partial charge in [-0.25, -0.2) is 4.79 Å². The molecule has 0 radical (unpaired) electrons. The second-order valence-corrected chi connectivity index (χ2v) is 6.41. The highest BCUT2D eigenvalue weighted by atomic mass is 16.6. The number of carboxylic acids is 1. The second-order valence-electron chi connectivity index (χ2n) is 6.41. The van der Waals surface area contributed by atoms with Crippen LogP contribution in [0.5, 0.6) is 0 Å². The molecule has 6 nitrogen and oxygen atoms in total. The summed E-state index contributed by atoms with van der Waals surface area (Å²) < 4.78 is 5.26. The van der Waals surface area contributed by atoms with Gasteiger partial charge < -0.3 is 15.2 Å². The molecule has 1 rings (SSSR count). The number of carbonyl (C=O) groups excluding carboxylic acids is 1. The quantitative estimate of drug-likeness (QED) is 0.824. The van der Waals surface area contributed by atoms with E-state index in [1.165, 1.54) is 0 Å². The molecular weight excluding hydrogens is 260 g/mol. The molecule has 1 aliphatic rings. The molecule has 0 spiro atoms. The molecular formula is C14H26N2O4. The number of hydrogen-bond donors (Lipinski definition) is 2. The molecule has 6 heteroatoms. The van der Waals surface area contributed by atoms with Crippen LogP contribution < -0.4 is 5.32 Å². The Balaban J connectivity index is 2.60. The molecule has 0 aromatic rings. The number of aliphatic carboxylic acids is 1. The van der Waals surface area contributed by atoms with Gasteiger partial charge in [-0.1, -0.05) is 12.8 Å². The maximum atomic E-state index is 11.8. The molecule has 0 aromatic carbocycles. The molecule has 1 saturated carbocycles. The minimum absolute atomic E-state index is 0.0167. The molecule has 0 aromatic heterocycles. The predicted octanol–water partition coefficient (Wildman–Crippen LogP) is 1.84. The van der Waals surface area contributed by atoms with Crippen LogP contribution >= 0.6 is 0 Å². The van der Waals surface area contributed by atoms with E-state index >= 15 is 0 Å². The van der Waals surface area contributed by atoms with Gasteiger partial charge in [-0.2, -0.15) is 0 Å². The molecule has 2 atom stereocenters. The van der Waals surface area contributed by atoms with E-state index in [0.29, 0.717) is 0 Å². The first-order valence-corrected chi connectivity index (χ1v) is 7.10. The van der Waals surface area contributed by atoms with Crippen molar-refractivity contribution in [2.45, 2.75) is 64.1 Å². The predicted molar refractivity (Wildman–Crippen MR) is 75.7 cm³/mol. The zero-order chi connectivity index (χ0) is 15.3. The zero-order valence-electron chi connectivity index (χ0n) is 12.8. The van der Waals surface area contributed by atoms with Crippen molar-refractivity contribution in [3.05, 3.63) is 0 Å². The summed E-state index contributed by atoms with van der Waals surface area (Å²) in [6.07, 6.45) is 3.41. The average Bonchev–Trinajstić information content (AvgIpc) is 2.25. The van der Waals surface area contributed by atoms with E-state index in [2.05, 4.69) is 5.32 Å². The summed E-state index contributed by atoms with van der Waals surface area (Å²) in [5.74, 6) is -0.853. The summed E-state index contributed by atoms with van der Waals surface area (Å²) in [6, 6.07) is -0.00433. The summed E-state index contributed by atoms with van der Waals surface area (Å²) in [4.78, 5) is 24.5. The summed E-state index contributed by atoms with van der Waals surface area (Å²) in [5.41, 5.74) is -0.527. The third-order valence-electron chi connectivity index (χ3n) is 3.38. The smallest absolute Gasteiger partial charge is 0.407 e. The fourth-order valence-electron chi connectivity index (χ4n) is 2.60. The van der Waals surface area contributed by atoms with Gasteiger partial charge in [0, 0.05) is 12.1 Å². The number of alkyl carbamates (subject to hydrolysis) is 1. The number of carbonyl (C=O) groups is 2. The highest BCUT2D eigenvalue weighted by Gasteiger charge is 2.31. The van der Waals surface area contributed by atoms with Crippen LogP contribution in [-0.4, -0.2) is 53.3 Å². The zero-order valence-corrected chi connectivity index (χ0v) is 12.8. The van der Waals surface area contributed by atoms with Crippen molar-refractivity contribution in [1.29, 1.82) is 0 Å². The fraction of sp³-hybridized carbons (Fsp3) is 0.857. The van der Waals surface area contributed by atoms with Crippen LogP contribution in [0.4, 0.5) is 4.79 Å². The Morgan fingerprint density at radius 3 is 2.45 bits per heavy atom. The van der Waals surface area contributed by atoms with E-state index in [0.717, 1.165) is 25.7 Å². The fourth-order valence-corrected chi connectivity index (χ4v) is 2.60. The van der Waals surface area contributed by atoms with Crippen LogP contribution in [0.3, 0.4) is 0 Å². The highest BCUT2D eigenvalue weighted by Crippen LogP contribution is 2.23. The second kappa shape index (κ2) is 6.92. The van der Waals surface area contributed by atoms with Crippen LogP contribution in [0.2, 0.25) is 0 Å². The number of carboxylic acid groups (broad SMARTS) is 1. The number of likely N-dealkylation sites (N-methyl/N-ethyl adjacent to an activating group) is 1. The van der Waals surface area contributed by atoms with Crippen molar-refractivity contribution < 1.29 is 19.4 Å². The third kappa shape index (κ3) is 5.77. The van der Waals surface area contributed by atoms with E-state index in [1.54, 1.807) is 11.9 Å². The number of rotatable bonds is 4. The minimum Gasteiger partial charge on any atom is -0.480 e. The number of nitrogens with zero attached hydrogens (tertiary/aromatic N) is 1.